The molecule has 0 aromatic carbocycles. The second kappa shape index (κ2) is 8.40. The summed E-state index contributed by atoms with van der Waals surface area (Å²) in [6.07, 6.45) is 7.01. The van der Waals surface area contributed by atoms with E-state index in [1.807, 2.05) is 13.8 Å². The maximum Gasteiger partial charge on any atom is 0.326 e. The van der Waals surface area contributed by atoms with Crippen LogP contribution in [0.5, 0.6) is 0 Å². The van der Waals surface area contributed by atoms with Crippen LogP contribution in [0.3, 0.4) is 0 Å². The molecule has 0 rings (SSSR count). The molecule has 0 aromatic rings. The third kappa shape index (κ3) is 5.58. The fourth-order valence-corrected chi connectivity index (χ4v) is 1.49. The molecule has 18 heavy (non-hydrogen) atoms. The molecule has 0 heterocycles. The van der Waals surface area contributed by atoms with E-state index in [2.05, 4.69) is 16.6 Å². The minimum atomic E-state index is -1.02. The number of carboxylic acid groups (broad SMARTS) is 1. The molecule has 5 nitrogen and oxygen atoms in total. The number of terminal acetylenes is 1. The number of rotatable bonds is 7. The Morgan fingerprint density at radius 1 is 1.28 bits per heavy atom. The molecule has 0 aliphatic heterocycles. The average Bonchev–Trinajstić information content (AvgIpc) is 2.34. The van der Waals surface area contributed by atoms with Gasteiger partial charge in [0, 0.05) is 12.5 Å². The van der Waals surface area contributed by atoms with Gasteiger partial charge in [-0.15, -0.1) is 12.3 Å². The Kier molecular flexibility index (Phi) is 7.61. The van der Waals surface area contributed by atoms with Gasteiger partial charge in [-0.05, 0) is 12.3 Å². The molecule has 2 unspecified atom stereocenters. The predicted molar refractivity (Wildman–Crippen MR) is 70.1 cm³/mol. The fourth-order valence-electron chi connectivity index (χ4n) is 1.49. The molecule has 3 atom stereocenters. The van der Waals surface area contributed by atoms with Gasteiger partial charge in [0.05, 0.1) is 0 Å². The summed E-state index contributed by atoms with van der Waals surface area (Å²) in [5.74, 6) is 1.33. The maximum absolute atomic E-state index is 11.7. The lowest BCUT2D eigenvalue weighted by Gasteiger charge is -2.22. The van der Waals surface area contributed by atoms with Gasteiger partial charge >= 0.3 is 12.0 Å². The van der Waals surface area contributed by atoms with Crippen molar-refractivity contribution < 1.29 is 14.7 Å². The molecule has 0 aliphatic carbocycles. The van der Waals surface area contributed by atoms with Crippen LogP contribution in [0.1, 0.15) is 40.0 Å². The molecule has 0 spiro atoms. The van der Waals surface area contributed by atoms with Crippen LogP contribution in [0, 0.1) is 18.3 Å². The number of carbonyl (C=O) groups excluding carboxylic acids is 1. The summed E-state index contributed by atoms with van der Waals surface area (Å²) in [6, 6.07) is -1.48. The van der Waals surface area contributed by atoms with E-state index in [1.165, 1.54) is 0 Å². The fraction of sp³-hybridized carbons (Fsp3) is 0.692. The molecule has 0 saturated heterocycles. The van der Waals surface area contributed by atoms with Crippen molar-refractivity contribution in [3.8, 4) is 12.3 Å². The standard InChI is InChI=1S/C13H22N2O3/c1-5-8-10(7-3)14-13(18)15-11(12(16)17)9(4)6-2/h1,9-11H,6-8H2,2-4H3,(H,16,17)(H2,14,15,18)/t9?,10?,11-/m0/s1. The number of amides is 2. The Morgan fingerprint density at radius 3 is 2.28 bits per heavy atom. The zero-order valence-corrected chi connectivity index (χ0v) is 11.2. The van der Waals surface area contributed by atoms with Crippen molar-refractivity contribution in [2.75, 3.05) is 0 Å². The minimum Gasteiger partial charge on any atom is -0.480 e. The first-order chi connectivity index (χ1) is 8.46. The van der Waals surface area contributed by atoms with Crippen molar-refractivity contribution in [2.24, 2.45) is 5.92 Å². The largest absolute Gasteiger partial charge is 0.480 e. The molecule has 102 valence electrons. The van der Waals surface area contributed by atoms with E-state index in [1.54, 1.807) is 6.92 Å². The molecule has 0 bridgehead atoms. The van der Waals surface area contributed by atoms with Gasteiger partial charge in [0.2, 0.25) is 0 Å². The SMILES string of the molecule is C#CCC(CC)NC(=O)N[C@H](C(=O)O)C(C)CC. The first-order valence-electron chi connectivity index (χ1n) is 6.19. The number of urea groups is 1. The van der Waals surface area contributed by atoms with E-state index >= 15 is 0 Å². The highest BCUT2D eigenvalue weighted by Gasteiger charge is 2.25. The third-order valence-corrected chi connectivity index (χ3v) is 2.96. The van der Waals surface area contributed by atoms with Crippen LogP contribution >= 0.6 is 0 Å². The molecule has 5 heteroatoms. The molecular formula is C13H22N2O3. The number of carbonyl (C=O) groups is 2. The smallest absolute Gasteiger partial charge is 0.326 e. The van der Waals surface area contributed by atoms with Gasteiger partial charge in [-0.25, -0.2) is 9.59 Å². The number of hydrogen-bond donors (Lipinski definition) is 3. The normalized spacial score (nSPS) is 15.0. The maximum atomic E-state index is 11.7. The summed E-state index contributed by atoms with van der Waals surface area (Å²) in [5, 5.41) is 14.2. The number of hydrogen-bond acceptors (Lipinski definition) is 2. The van der Waals surface area contributed by atoms with Gasteiger partial charge in [0.15, 0.2) is 0 Å². The zero-order chi connectivity index (χ0) is 14.1. The molecule has 0 radical (unpaired) electrons. The summed E-state index contributed by atoms with van der Waals surface area (Å²) in [7, 11) is 0. The lowest BCUT2D eigenvalue weighted by Crippen LogP contribution is -2.51. The summed E-state index contributed by atoms with van der Waals surface area (Å²) in [4.78, 5) is 22.7. The van der Waals surface area contributed by atoms with Crippen LogP contribution < -0.4 is 10.6 Å². The van der Waals surface area contributed by atoms with Crippen molar-refractivity contribution in [1.82, 2.24) is 10.6 Å². The van der Waals surface area contributed by atoms with E-state index in [4.69, 9.17) is 11.5 Å². The van der Waals surface area contributed by atoms with Gasteiger partial charge < -0.3 is 15.7 Å². The Morgan fingerprint density at radius 2 is 1.89 bits per heavy atom. The lowest BCUT2D eigenvalue weighted by molar-refractivity contribution is -0.140. The summed E-state index contributed by atoms with van der Waals surface area (Å²) in [5.41, 5.74) is 0. The van der Waals surface area contributed by atoms with Crippen molar-refractivity contribution in [2.45, 2.75) is 52.1 Å². The average molecular weight is 254 g/mol. The van der Waals surface area contributed by atoms with Crippen LogP contribution in [0.4, 0.5) is 4.79 Å². The number of carboxylic acids is 1. The molecule has 3 N–H and O–H groups in total. The molecule has 0 aromatic heterocycles. The Labute approximate surface area is 108 Å². The predicted octanol–water partition coefficient (Wildman–Crippen LogP) is 1.59. The summed E-state index contributed by atoms with van der Waals surface area (Å²) < 4.78 is 0. The molecule has 0 saturated carbocycles. The van der Waals surface area contributed by atoms with Crippen molar-refractivity contribution >= 4 is 12.0 Å². The summed E-state index contributed by atoms with van der Waals surface area (Å²) in [6.45, 7) is 5.58. The quantitative estimate of drug-likeness (QED) is 0.604. The third-order valence-electron chi connectivity index (χ3n) is 2.96. The molecular weight excluding hydrogens is 232 g/mol. The van der Waals surface area contributed by atoms with Gasteiger partial charge in [-0.1, -0.05) is 27.2 Å². The van der Waals surface area contributed by atoms with Crippen LogP contribution in [0.2, 0.25) is 0 Å². The van der Waals surface area contributed by atoms with Gasteiger partial charge in [-0.2, -0.15) is 0 Å². The van der Waals surface area contributed by atoms with Crippen LogP contribution in [0.25, 0.3) is 0 Å². The van der Waals surface area contributed by atoms with Gasteiger partial charge in [0.1, 0.15) is 6.04 Å². The van der Waals surface area contributed by atoms with Crippen molar-refractivity contribution in [3.05, 3.63) is 0 Å². The molecule has 0 aliphatic rings. The van der Waals surface area contributed by atoms with Crippen LogP contribution in [0.15, 0.2) is 0 Å². The van der Waals surface area contributed by atoms with E-state index in [9.17, 15) is 9.59 Å². The Bertz CT molecular complexity index is 323. The second-order valence-electron chi connectivity index (χ2n) is 4.33. The Hall–Kier alpha value is -1.70. The van der Waals surface area contributed by atoms with Crippen molar-refractivity contribution in [1.29, 1.82) is 0 Å². The van der Waals surface area contributed by atoms with E-state index in [0.717, 1.165) is 0 Å². The number of nitrogens with one attached hydrogen (secondary N) is 2. The highest BCUT2D eigenvalue weighted by molar-refractivity contribution is 5.82. The van der Waals surface area contributed by atoms with Gasteiger partial charge in [0.25, 0.3) is 0 Å². The van der Waals surface area contributed by atoms with Crippen molar-refractivity contribution in [3.63, 3.8) is 0 Å². The minimum absolute atomic E-state index is 0.124. The number of aliphatic carboxylic acids is 1. The molecule has 0 fully saturated rings. The highest BCUT2D eigenvalue weighted by atomic mass is 16.4. The highest BCUT2D eigenvalue weighted by Crippen LogP contribution is 2.08. The van der Waals surface area contributed by atoms with Gasteiger partial charge in [-0.3, -0.25) is 0 Å². The van der Waals surface area contributed by atoms with Crippen LogP contribution in [-0.2, 0) is 4.79 Å². The lowest BCUT2D eigenvalue weighted by atomic mass is 9.99. The van der Waals surface area contributed by atoms with E-state index in [-0.39, 0.29) is 12.0 Å². The first kappa shape index (κ1) is 16.3. The summed E-state index contributed by atoms with van der Waals surface area (Å²) >= 11 is 0. The monoisotopic (exact) mass is 254 g/mol. The van der Waals surface area contributed by atoms with E-state index in [0.29, 0.717) is 19.3 Å². The molecule has 2 amide bonds. The zero-order valence-electron chi connectivity index (χ0n) is 11.2. The topological polar surface area (TPSA) is 78.4 Å². The second-order valence-corrected chi connectivity index (χ2v) is 4.33. The Balaban J connectivity index is 4.43. The van der Waals surface area contributed by atoms with E-state index < -0.39 is 18.0 Å². The van der Waals surface area contributed by atoms with Crippen LogP contribution in [-0.4, -0.2) is 29.2 Å². The first-order valence-corrected chi connectivity index (χ1v) is 6.19.